The Kier molecular flexibility index (Phi) is 3.77. The van der Waals surface area contributed by atoms with E-state index < -0.39 is 29.8 Å². The van der Waals surface area contributed by atoms with Gasteiger partial charge in [-0.3, -0.25) is 11.7 Å². The fraction of sp³-hybridized carbons (Fsp3) is 0. The number of nitrogens with two attached hydrogens (primary N) is 2. The molecule has 0 saturated carbocycles. The molecule has 6 N–H and O–H groups in total. The van der Waals surface area contributed by atoms with Crippen LogP contribution in [-0.4, -0.2) is 16.8 Å². The fourth-order valence-electron chi connectivity index (χ4n) is 1.83. The molecular weight excluding hydrogens is 304 g/mol. The minimum Gasteiger partial charge on any atom is -0.257 e. The van der Waals surface area contributed by atoms with E-state index >= 15 is 0 Å². The molecule has 0 fully saturated rings. The van der Waals surface area contributed by atoms with Crippen molar-refractivity contribution < 1.29 is 16.8 Å². The topological polar surface area (TPSA) is 144 Å². The maximum Gasteiger partial charge on any atom is 0.255 e. The van der Waals surface area contributed by atoms with Gasteiger partial charge in [0.05, 0.1) is 0 Å². The maximum absolute atomic E-state index is 12.0. The van der Waals surface area contributed by atoms with Crippen molar-refractivity contribution in [2.45, 2.75) is 9.79 Å². The van der Waals surface area contributed by atoms with E-state index in [1.807, 2.05) is 0 Å². The summed E-state index contributed by atoms with van der Waals surface area (Å²) in [7, 11) is -8.36. The first-order chi connectivity index (χ1) is 9.33. The predicted octanol–water partition coefficient (Wildman–Crippen LogP) is -0.856. The number of sulfonamides is 2. The Bertz CT molecular complexity index is 862. The van der Waals surface area contributed by atoms with Crippen LogP contribution in [0.3, 0.4) is 0 Å². The van der Waals surface area contributed by atoms with E-state index in [1.165, 1.54) is 12.1 Å². The van der Waals surface area contributed by atoms with Gasteiger partial charge in [0.25, 0.3) is 20.0 Å². The van der Waals surface area contributed by atoms with E-state index in [4.69, 9.17) is 11.7 Å². The van der Waals surface area contributed by atoms with Crippen molar-refractivity contribution in [2.24, 2.45) is 11.7 Å². The molecule has 0 bridgehead atoms. The van der Waals surface area contributed by atoms with E-state index in [0.29, 0.717) is 5.39 Å². The maximum atomic E-state index is 12.0. The Morgan fingerprint density at radius 2 is 1.40 bits per heavy atom. The number of hydrogen-bond acceptors (Lipinski definition) is 6. The van der Waals surface area contributed by atoms with Gasteiger partial charge < -0.3 is 0 Å². The van der Waals surface area contributed by atoms with E-state index in [0.717, 1.165) is 6.07 Å². The molecule has 20 heavy (non-hydrogen) atoms. The zero-order valence-corrected chi connectivity index (χ0v) is 11.7. The van der Waals surface area contributed by atoms with Crippen LogP contribution in [0.2, 0.25) is 0 Å². The van der Waals surface area contributed by atoms with Crippen molar-refractivity contribution in [3.63, 3.8) is 0 Å². The highest BCUT2D eigenvalue weighted by Gasteiger charge is 2.27. The van der Waals surface area contributed by atoms with E-state index in [2.05, 4.69) is 0 Å². The molecule has 2 rings (SSSR count). The SMILES string of the molecule is NNS(=O)(=O)c1ccc2ccccc2c1S(=O)(=O)NN. The monoisotopic (exact) mass is 316 g/mol. The minimum absolute atomic E-state index is 0.224. The van der Waals surface area contributed by atoms with Crippen LogP contribution >= 0.6 is 0 Å². The highest BCUT2D eigenvalue weighted by Crippen LogP contribution is 2.29. The number of nitrogens with one attached hydrogen (secondary N) is 2. The molecule has 0 aliphatic rings. The lowest BCUT2D eigenvalue weighted by Gasteiger charge is -2.12. The molecule has 0 unspecified atom stereocenters. The van der Waals surface area contributed by atoms with E-state index in [1.54, 1.807) is 27.9 Å². The molecule has 0 saturated heterocycles. The van der Waals surface area contributed by atoms with Crippen LogP contribution in [0.25, 0.3) is 10.8 Å². The second kappa shape index (κ2) is 5.09. The quantitative estimate of drug-likeness (QED) is 0.427. The number of hydrazine groups is 2. The fourth-order valence-corrected chi connectivity index (χ4v) is 4.15. The summed E-state index contributed by atoms with van der Waals surface area (Å²) in [6, 6.07) is 9.05. The van der Waals surface area contributed by atoms with Crippen molar-refractivity contribution in [1.29, 1.82) is 0 Å². The van der Waals surface area contributed by atoms with Gasteiger partial charge in [-0.25, -0.2) is 16.8 Å². The number of fused-ring (bicyclic) bond motifs is 1. The van der Waals surface area contributed by atoms with Crippen LogP contribution in [0.15, 0.2) is 46.2 Å². The lowest BCUT2D eigenvalue weighted by atomic mass is 10.1. The van der Waals surface area contributed by atoms with Crippen molar-refractivity contribution >= 4 is 30.8 Å². The molecule has 0 aliphatic carbocycles. The lowest BCUT2D eigenvalue weighted by molar-refractivity contribution is 0.571. The Hall–Kier alpha value is -1.56. The summed E-state index contributed by atoms with van der Waals surface area (Å²) in [5, 5.41) is 0.777. The molecule has 0 aromatic heterocycles. The molecule has 108 valence electrons. The summed E-state index contributed by atoms with van der Waals surface area (Å²) in [5.74, 6) is 9.95. The molecule has 8 nitrogen and oxygen atoms in total. The molecule has 0 atom stereocenters. The van der Waals surface area contributed by atoms with Gasteiger partial charge in [0, 0.05) is 5.39 Å². The van der Waals surface area contributed by atoms with E-state index in [9.17, 15) is 16.8 Å². The Balaban J connectivity index is 3.02. The van der Waals surface area contributed by atoms with Gasteiger partial charge in [-0.2, -0.15) is 4.83 Å². The second-order valence-corrected chi connectivity index (χ2v) is 7.19. The smallest absolute Gasteiger partial charge is 0.255 e. The molecule has 0 spiro atoms. The van der Waals surface area contributed by atoms with Crippen molar-refractivity contribution in [3.05, 3.63) is 36.4 Å². The summed E-state index contributed by atoms with van der Waals surface area (Å²) in [4.78, 5) is 2.30. The molecule has 2 aromatic carbocycles. The third-order valence-corrected chi connectivity index (χ3v) is 5.36. The van der Waals surface area contributed by atoms with Crippen LogP contribution < -0.4 is 21.3 Å². The molecule has 10 heteroatoms. The summed E-state index contributed by atoms with van der Waals surface area (Å²) in [6.07, 6.45) is 0. The standard InChI is InChI=1S/C10H12N4O4S2/c11-13-19(15,16)9-6-5-7-3-1-2-4-8(7)10(9)20(17,18)14-12/h1-6,13-14H,11-12H2. The Labute approximate surface area is 115 Å². The van der Waals surface area contributed by atoms with Gasteiger partial charge >= 0.3 is 0 Å². The van der Waals surface area contributed by atoms with Crippen LogP contribution in [0.5, 0.6) is 0 Å². The zero-order valence-electron chi connectivity index (χ0n) is 10.1. The predicted molar refractivity (Wildman–Crippen MR) is 73.0 cm³/mol. The van der Waals surface area contributed by atoms with Crippen LogP contribution in [0.4, 0.5) is 0 Å². The van der Waals surface area contributed by atoms with Crippen LogP contribution in [0.1, 0.15) is 0 Å². The molecule has 2 aromatic rings. The molecular formula is C10H12N4O4S2. The largest absolute Gasteiger partial charge is 0.257 e. The summed E-state index contributed by atoms with van der Waals surface area (Å²) in [5.41, 5.74) is 0. The van der Waals surface area contributed by atoms with Gasteiger partial charge in [0.1, 0.15) is 9.79 Å². The highest BCUT2D eigenvalue weighted by atomic mass is 32.2. The molecule has 0 radical (unpaired) electrons. The summed E-state index contributed by atoms with van der Waals surface area (Å²) >= 11 is 0. The number of benzene rings is 2. The van der Waals surface area contributed by atoms with Gasteiger partial charge in [-0.05, 0) is 11.5 Å². The number of hydrogen-bond donors (Lipinski definition) is 4. The van der Waals surface area contributed by atoms with Crippen molar-refractivity contribution in [3.8, 4) is 0 Å². The first kappa shape index (κ1) is 14.8. The Morgan fingerprint density at radius 1 is 0.800 bits per heavy atom. The molecule has 0 amide bonds. The number of rotatable bonds is 4. The van der Waals surface area contributed by atoms with Gasteiger partial charge in [-0.1, -0.05) is 30.3 Å². The summed E-state index contributed by atoms with van der Waals surface area (Å²) in [6.45, 7) is 0. The summed E-state index contributed by atoms with van der Waals surface area (Å²) < 4.78 is 47.8. The first-order valence-corrected chi connectivity index (χ1v) is 8.26. The van der Waals surface area contributed by atoms with Crippen LogP contribution in [-0.2, 0) is 20.0 Å². The van der Waals surface area contributed by atoms with Crippen molar-refractivity contribution in [2.75, 3.05) is 0 Å². The lowest BCUT2D eigenvalue weighted by Crippen LogP contribution is -2.35. The minimum atomic E-state index is -4.20. The van der Waals surface area contributed by atoms with E-state index in [-0.39, 0.29) is 5.39 Å². The third-order valence-electron chi connectivity index (χ3n) is 2.71. The third kappa shape index (κ3) is 2.40. The zero-order chi connectivity index (χ0) is 15.0. The average Bonchev–Trinajstić information content (AvgIpc) is 2.45. The van der Waals surface area contributed by atoms with Gasteiger partial charge in [-0.15, -0.1) is 4.83 Å². The second-order valence-electron chi connectivity index (χ2n) is 3.86. The van der Waals surface area contributed by atoms with Crippen LogP contribution in [0, 0.1) is 0 Å². The molecule has 0 heterocycles. The van der Waals surface area contributed by atoms with Gasteiger partial charge in [0.2, 0.25) is 0 Å². The average molecular weight is 316 g/mol. The highest BCUT2D eigenvalue weighted by molar-refractivity contribution is 7.92. The Morgan fingerprint density at radius 3 is 2.00 bits per heavy atom. The van der Waals surface area contributed by atoms with Gasteiger partial charge in [0.15, 0.2) is 0 Å². The first-order valence-electron chi connectivity index (χ1n) is 5.30. The van der Waals surface area contributed by atoms with Crippen molar-refractivity contribution in [1.82, 2.24) is 9.66 Å². The molecule has 0 aliphatic heterocycles. The normalized spacial score (nSPS) is 12.7.